The second kappa shape index (κ2) is 11.8. The SMILES string of the molecule is N#Cc1cnc(NCc2ccccc2Cl)nc1NCC1C[C@H]2CCC[C@@H](C1)[C@@H]2N[C@H]1CC[C@@H](N)CC1. The molecule has 8 heteroatoms. The number of fused-ring (bicyclic) bond motifs is 2. The van der Waals surface area contributed by atoms with Gasteiger partial charge in [0.05, 0.1) is 6.20 Å². The molecule has 0 spiro atoms. The molecule has 5 N–H and O–H groups in total. The van der Waals surface area contributed by atoms with Crippen molar-refractivity contribution >= 4 is 23.4 Å². The van der Waals surface area contributed by atoms with Crippen LogP contribution < -0.4 is 21.7 Å². The van der Waals surface area contributed by atoms with Crippen LogP contribution in [0.25, 0.3) is 0 Å². The molecule has 1 aromatic carbocycles. The molecule has 3 aliphatic rings. The monoisotopic (exact) mass is 507 g/mol. The van der Waals surface area contributed by atoms with E-state index in [-0.39, 0.29) is 0 Å². The number of nitrogens with zero attached hydrogens (tertiary/aromatic N) is 3. The van der Waals surface area contributed by atoms with Crippen LogP contribution in [0.5, 0.6) is 0 Å². The molecule has 0 saturated heterocycles. The number of aromatic nitrogens is 2. The fourth-order valence-electron chi connectivity index (χ4n) is 6.61. The van der Waals surface area contributed by atoms with Crippen molar-refractivity contribution in [2.24, 2.45) is 23.5 Å². The molecule has 1 unspecified atom stereocenters. The third-order valence-corrected chi connectivity index (χ3v) is 8.87. The highest BCUT2D eigenvalue weighted by Gasteiger charge is 2.41. The molecule has 3 aliphatic carbocycles. The van der Waals surface area contributed by atoms with Gasteiger partial charge in [0.2, 0.25) is 5.95 Å². The van der Waals surface area contributed by atoms with E-state index in [0.29, 0.717) is 52.9 Å². The van der Waals surface area contributed by atoms with E-state index in [9.17, 15) is 5.26 Å². The maximum absolute atomic E-state index is 9.60. The topological polar surface area (TPSA) is 112 Å². The summed E-state index contributed by atoms with van der Waals surface area (Å²) in [4.78, 5) is 8.94. The van der Waals surface area contributed by atoms with Crippen molar-refractivity contribution in [3.63, 3.8) is 0 Å². The van der Waals surface area contributed by atoms with E-state index >= 15 is 0 Å². The number of rotatable bonds is 8. The number of hydrogen-bond donors (Lipinski definition) is 4. The van der Waals surface area contributed by atoms with Crippen molar-refractivity contribution in [3.05, 3.63) is 46.6 Å². The Hall–Kier alpha value is -2.40. The Morgan fingerprint density at radius 1 is 1.03 bits per heavy atom. The van der Waals surface area contributed by atoms with E-state index < -0.39 is 0 Å². The second-order valence-corrected chi connectivity index (χ2v) is 11.4. The van der Waals surface area contributed by atoms with Crippen molar-refractivity contribution in [1.82, 2.24) is 15.3 Å². The first-order chi connectivity index (χ1) is 17.6. The maximum atomic E-state index is 9.60. The van der Waals surface area contributed by atoms with Crippen LogP contribution in [0.2, 0.25) is 5.02 Å². The molecule has 4 atom stereocenters. The predicted molar refractivity (Wildman–Crippen MR) is 145 cm³/mol. The van der Waals surface area contributed by atoms with E-state index in [1.54, 1.807) is 6.20 Å². The predicted octanol–water partition coefficient (Wildman–Crippen LogP) is 5.08. The number of benzene rings is 1. The van der Waals surface area contributed by atoms with Gasteiger partial charge in [-0.05, 0) is 80.8 Å². The first-order valence-corrected chi connectivity index (χ1v) is 14.0. The van der Waals surface area contributed by atoms with Crippen LogP contribution in [0.4, 0.5) is 11.8 Å². The lowest BCUT2D eigenvalue weighted by Gasteiger charge is -2.48. The van der Waals surface area contributed by atoms with Crippen LogP contribution in [-0.4, -0.2) is 34.6 Å². The molecule has 5 rings (SSSR count). The minimum Gasteiger partial charge on any atom is -0.369 e. The second-order valence-electron chi connectivity index (χ2n) is 11.0. The standard InChI is InChI=1S/C28H38ClN7/c29-25-7-2-1-4-21(25)16-33-28-34-17-22(14-30)27(36-28)32-15-18-12-19-5-3-6-20(13-18)26(19)35-24-10-8-23(31)9-11-24/h1-2,4,7,17-20,23-24,26,35H,3,5-6,8-13,15-16,31H2,(H2,32,33,34,36)/t18?,19-,20+,23-,24+,26-. The molecule has 3 saturated carbocycles. The van der Waals surface area contributed by atoms with Gasteiger partial charge in [0.15, 0.2) is 0 Å². The van der Waals surface area contributed by atoms with Gasteiger partial charge in [0.1, 0.15) is 17.5 Å². The summed E-state index contributed by atoms with van der Waals surface area (Å²) < 4.78 is 0. The molecule has 0 aliphatic heterocycles. The first-order valence-electron chi connectivity index (χ1n) is 13.6. The zero-order valence-corrected chi connectivity index (χ0v) is 21.7. The summed E-state index contributed by atoms with van der Waals surface area (Å²) in [5.74, 6) is 3.19. The quantitative estimate of drug-likeness (QED) is 0.394. The molecule has 3 fully saturated rings. The Kier molecular flexibility index (Phi) is 8.25. The summed E-state index contributed by atoms with van der Waals surface area (Å²) in [5, 5.41) is 21.1. The van der Waals surface area contributed by atoms with Gasteiger partial charge in [-0.1, -0.05) is 36.2 Å². The third-order valence-electron chi connectivity index (χ3n) is 8.50. The molecule has 2 aromatic rings. The number of hydrogen-bond acceptors (Lipinski definition) is 7. The van der Waals surface area contributed by atoms with Crippen LogP contribution in [-0.2, 0) is 6.54 Å². The Bertz CT molecular complexity index is 1050. The number of anilines is 2. The lowest BCUT2D eigenvalue weighted by atomic mass is 9.64. The third kappa shape index (κ3) is 6.11. The molecule has 36 heavy (non-hydrogen) atoms. The normalized spacial score (nSPS) is 29.8. The number of nitrogens with one attached hydrogen (secondary N) is 3. The number of nitrogens with two attached hydrogens (primary N) is 1. The summed E-state index contributed by atoms with van der Waals surface area (Å²) >= 11 is 6.27. The Balaban J connectivity index is 1.18. The molecular formula is C28H38ClN7. The fraction of sp³-hybridized carbons (Fsp3) is 0.607. The Labute approximate surface area is 219 Å². The molecular weight excluding hydrogens is 470 g/mol. The molecule has 192 valence electrons. The lowest BCUT2D eigenvalue weighted by molar-refractivity contribution is 0.0750. The summed E-state index contributed by atoms with van der Waals surface area (Å²) in [6.45, 7) is 1.37. The molecule has 1 heterocycles. The lowest BCUT2D eigenvalue weighted by Crippen LogP contribution is -2.54. The van der Waals surface area contributed by atoms with Crippen LogP contribution in [0.1, 0.15) is 68.9 Å². The average molecular weight is 508 g/mol. The minimum atomic E-state index is 0.399. The van der Waals surface area contributed by atoms with Gasteiger partial charge in [0.25, 0.3) is 0 Å². The van der Waals surface area contributed by atoms with Gasteiger partial charge in [-0.15, -0.1) is 0 Å². The van der Waals surface area contributed by atoms with Crippen LogP contribution >= 0.6 is 11.6 Å². The van der Waals surface area contributed by atoms with E-state index in [4.69, 9.17) is 17.3 Å². The fourth-order valence-corrected chi connectivity index (χ4v) is 6.81. The van der Waals surface area contributed by atoms with Gasteiger partial charge >= 0.3 is 0 Å². The summed E-state index contributed by atoms with van der Waals surface area (Å²) in [7, 11) is 0. The van der Waals surface area contributed by atoms with Gasteiger partial charge in [0, 0.05) is 36.2 Å². The van der Waals surface area contributed by atoms with Crippen molar-refractivity contribution < 1.29 is 0 Å². The zero-order chi connectivity index (χ0) is 24.9. The van der Waals surface area contributed by atoms with Crippen LogP contribution in [0.15, 0.2) is 30.5 Å². The van der Waals surface area contributed by atoms with Crippen LogP contribution in [0.3, 0.4) is 0 Å². The summed E-state index contributed by atoms with van der Waals surface area (Å²) in [5.41, 5.74) is 7.59. The highest BCUT2D eigenvalue weighted by Crippen LogP contribution is 2.43. The molecule has 7 nitrogen and oxygen atoms in total. The van der Waals surface area contributed by atoms with Gasteiger partial charge in [-0.2, -0.15) is 10.2 Å². The van der Waals surface area contributed by atoms with Crippen LogP contribution in [0, 0.1) is 29.1 Å². The van der Waals surface area contributed by atoms with Crippen molar-refractivity contribution in [2.45, 2.75) is 82.5 Å². The minimum absolute atomic E-state index is 0.399. The summed E-state index contributed by atoms with van der Waals surface area (Å²) in [6.07, 6.45) is 12.8. The van der Waals surface area contributed by atoms with E-state index in [2.05, 4.69) is 32.0 Å². The Morgan fingerprint density at radius 3 is 2.50 bits per heavy atom. The van der Waals surface area contributed by atoms with E-state index in [0.717, 1.165) is 36.8 Å². The molecule has 0 amide bonds. The van der Waals surface area contributed by atoms with Crippen molar-refractivity contribution in [1.29, 1.82) is 5.26 Å². The zero-order valence-electron chi connectivity index (χ0n) is 20.9. The van der Waals surface area contributed by atoms with Crippen molar-refractivity contribution in [2.75, 3.05) is 17.2 Å². The highest BCUT2D eigenvalue weighted by molar-refractivity contribution is 6.31. The van der Waals surface area contributed by atoms with E-state index in [1.165, 1.54) is 44.9 Å². The summed E-state index contributed by atoms with van der Waals surface area (Å²) in [6, 6.07) is 11.6. The average Bonchev–Trinajstić information content (AvgIpc) is 2.88. The largest absolute Gasteiger partial charge is 0.369 e. The number of halogens is 1. The molecule has 2 bridgehead atoms. The smallest absolute Gasteiger partial charge is 0.224 e. The number of nitriles is 1. The molecule has 0 radical (unpaired) electrons. The van der Waals surface area contributed by atoms with E-state index in [1.807, 2.05) is 24.3 Å². The van der Waals surface area contributed by atoms with Gasteiger partial charge in [-0.25, -0.2) is 4.98 Å². The van der Waals surface area contributed by atoms with Gasteiger partial charge < -0.3 is 21.7 Å². The Morgan fingerprint density at radius 2 is 1.78 bits per heavy atom. The maximum Gasteiger partial charge on any atom is 0.224 e. The first kappa shape index (κ1) is 25.3. The highest BCUT2D eigenvalue weighted by atomic mass is 35.5. The van der Waals surface area contributed by atoms with Gasteiger partial charge in [-0.3, -0.25) is 0 Å². The molecule has 1 aromatic heterocycles. The van der Waals surface area contributed by atoms with Crippen molar-refractivity contribution in [3.8, 4) is 6.07 Å².